The van der Waals surface area contributed by atoms with Crippen molar-refractivity contribution in [3.63, 3.8) is 0 Å². The van der Waals surface area contributed by atoms with E-state index >= 15 is 0 Å². The molecule has 0 spiro atoms. The van der Waals surface area contributed by atoms with E-state index < -0.39 is 0 Å². The zero-order chi connectivity index (χ0) is 29.7. The summed E-state index contributed by atoms with van der Waals surface area (Å²) in [5.41, 5.74) is 9.64. The third-order valence-corrected chi connectivity index (χ3v) is 10.2. The van der Waals surface area contributed by atoms with Gasteiger partial charge >= 0.3 is 0 Å². The standard InChI is InChI=1S/C41H27N3S/c1-4-13-26(14-5-1)30-20-12-21-32-36(30)33-25-29(23-24-34(33)42-37(32)27-15-6-2-7-16-27)41-43-38(28-17-8-3-9-18-28)40-39(44-41)31-19-10-11-22-35(31)45-40/h1-25,31,35H. The van der Waals surface area contributed by atoms with E-state index in [9.17, 15) is 0 Å². The summed E-state index contributed by atoms with van der Waals surface area (Å²) in [6.45, 7) is 0. The van der Waals surface area contributed by atoms with Gasteiger partial charge in [0.05, 0.1) is 27.5 Å². The first-order valence-electron chi connectivity index (χ1n) is 15.3. The van der Waals surface area contributed by atoms with E-state index in [0.717, 1.165) is 55.9 Å². The highest BCUT2D eigenvalue weighted by Gasteiger charge is 2.36. The normalized spacial score (nSPS) is 16.6. The molecule has 45 heavy (non-hydrogen) atoms. The Hall–Kier alpha value is -5.32. The van der Waals surface area contributed by atoms with E-state index in [0.29, 0.717) is 5.25 Å². The summed E-state index contributed by atoms with van der Waals surface area (Å²) in [6, 6.07) is 44.7. The first kappa shape index (κ1) is 26.1. The summed E-state index contributed by atoms with van der Waals surface area (Å²) in [7, 11) is 0. The van der Waals surface area contributed by atoms with Gasteiger partial charge < -0.3 is 0 Å². The van der Waals surface area contributed by atoms with E-state index in [1.807, 2.05) is 11.8 Å². The highest BCUT2D eigenvalue weighted by molar-refractivity contribution is 8.00. The minimum Gasteiger partial charge on any atom is -0.247 e. The first-order valence-corrected chi connectivity index (χ1v) is 16.2. The molecule has 4 heteroatoms. The van der Waals surface area contributed by atoms with Crippen molar-refractivity contribution in [2.24, 2.45) is 0 Å². The molecule has 5 aromatic carbocycles. The van der Waals surface area contributed by atoms with Crippen molar-refractivity contribution in [2.45, 2.75) is 16.1 Å². The minimum absolute atomic E-state index is 0.236. The maximum Gasteiger partial charge on any atom is 0.160 e. The molecule has 0 amide bonds. The second-order valence-corrected chi connectivity index (χ2v) is 12.7. The van der Waals surface area contributed by atoms with Crippen molar-refractivity contribution < 1.29 is 0 Å². The fourth-order valence-corrected chi connectivity index (χ4v) is 8.07. The molecule has 0 saturated carbocycles. The number of allylic oxidation sites excluding steroid dienone is 3. The van der Waals surface area contributed by atoms with Crippen molar-refractivity contribution >= 4 is 33.4 Å². The fourth-order valence-electron chi connectivity index (χ4n) is 6.68. The van der Waals surface area contributed by atoms with Crippen LogP contribution in [0.25, 0.3) is 66.7 Å². The smallest absolute Gasteiger partial charge is 0.160 e. The minimum atomic E-state index is 0.236. The topological polar surface area (TPSA) is 38.7 Å². The number of fused-ring (bicyclic) bond motifs is 6. The number of hydrogen-bond donors (Lipinski definition) is 0. The van der Waals surface area contributed by atoms with Crippen LogP contribution >= 0.6 is 11.8 Å². The van der Waals surface area contributed by atoms with Crippen molar-refractivity contribution in [2.75, 3.05) is 0 Å². The molecule has 9 rings (SSSR count). The average Bonchev–Trinajstić information content (AvgIpc) is 3.50. The molecule has 0 fully saturated rings. The lowest BCUT2D eigenvalue weighted by molar-refractivity contribution is 0.829. The molecular formula is C41H27N3S. The molecule has 3 nitrogen and oxygen atoms in total. The van der Waals surface area contributed by atoms with Gasteiger partial charge in [-0.1, -0.05) is 133 Å². The number of pyridine rings is 1. The van der Waals surface area contributed by atoms with Gasteiger partial charge in [0.2, 0.25) is 0 Å². The van der Waals surface area contributed by atoms with Crippen molar-refractivity contribution in [3.8, 4) is 45.0 Å². The summed E-state index contributed by atoms with van der Waals surface area (Å²) in [6.07, 6.45) is 8.86. The molecule has 0 radical (unpaired) electrons. The average molecular weight is 594 g/mol. The van der Waals surface area contributed by atoms with E-state index in [1.165, 1.54) is 21.4 Å². The third-order valence-electron chi connectivity index (χ3n) is 8.80. The lowest BCUT2D eigenvalue weighted by Crippen LogP contribution is -2.09. The lowest BCUT2D eigenvalue weighted by Gasteiger charge is -2.16. The lowest BCUT2D eigenvalue weighted by atomic mass is 9.92. The predicted molar refractivity (Wildman–Crippen MR) is 187 cm³/mol. The van der Waals surface area contributed by atoms with Crippen LogP contribution < -0.4 is 0 Å². The van der Waals surface area contributed by atoms with Gasteiger partial charge in [0, 0.05) is 44.0 Å². The highest BCUT2D eigenvalue weighted by Crippen LogP contribution is 2.51. The third kappa shape index (κ3) is 4.41. The Labute approximate surface area is 266 Å². The number of nitrogens with zero attached hydrogens (tertiary/aromatic N) is 3. The van der Waals surface area contributed by atoms with Gasteiger partial charge in [0.25, 0.3) is 0 Å². The van der Waals surface area contributed by atoms with Crippen LogP contribution in [0.1, 0.15) is 11.6 Å². The Morgan fingerprint density at radius 1 is 0.511 bits per heavy atom. The molecule has 0 N–H and O–H groups in total. The molecule has 212 valence electrons. The summed E-state index contributed by atoms with van der Waals surface area (Å²) in [5.74, 6) is 0.983. The zero-order valence-corrected chi connectivity index (χ0v) is 25.2. The van der Waals surface area contributed by atoms with Gasteiger partial charge in [-0.25, -0.2) is 15.0 Å². The monoisotopic (exact) mass is 593 g/mol. The van der Waals surface area contributed by atoms with Crippen LogP contribution in [0.4, 0.5) is 0 Å². The van der Waals surface area contributed by atoms with E-state index in [1.54, 1.807) is 0 Å². The molecule has 0 bridgehead atoms. The number of thioether (sulfide) groups is 1. The maximum atomic E-state index is 5.29. The van der Waals surface area contributed by atoms with E-state index in [-0.39, 0.29) is 5.92 Å². The van der Waals surface area contributed by atoms with Crippen LogP contribution in [-0.2, 0) is 0 Å². The van der Waals surface area contributed by atoms with Crippen molar-refractivity contribution in [3.05, 3.63) is 157 Å². The SMILES string of the molecule is C1=CC2Sc3c(-c4ccccc4)nc(-c4ccc5nc(-c6ccccc6)c6cccc(-c7ccccc7)c6c5c4)nc3C2C=C1. The number of benzene rings is 5. The second kappa shape index (κ2) is 10.7. The van der Waals surface area contributed by atoms with Crippen LogP contribution in [0.15, 0.2) is 157 Å². The molecule has 2 aromatic heterocycles. The Kier molecular flexibility index (Phi) is 6.20. The van der Waals surface area contributed by atoms with Gasteiger partial charge in [-0.3, -0.25) is 0 Å². The summed E-state index contributed by atoms with van der Waals surface area (Å²) in [5, 5.41) is 3.76. The van der Waals surface area contributed by atoms with Crippen molar-refractivity contribution in [1.82, 2.24) is 15.0 Å². The maximum absolute atomic E-state index is 5.29. The number of rotatable bonds is 4. The summed E-state index contributed by atoms with van der Waals surface area (Å²) < 4.78 is 0. The van der Waals surface area contributed by atoms with Crippen molar-refractivity contribution in [1.29, 1.82) is 0 Å². The van der Waals surface area contributed by atoms with Crippen LogP contribution in [0.5, 0.6) is 0 Å². The number of aromatic nitrogens is 3. The van der Waals surface area contributed by atoms with E-state index in [4.69, 9.17) is 15.0 Å². The molecule has 7 aromatic rings. The number of hydrogen-bond acceptors (Lipinski definition) is 4. The van der Waals surface area contributed by atoms with Crippen LogP contribution in [0.3, 0.4) is 0 Å². The Bertz CT molecular complexity index is 2290. The highest BCUT2D eigenvalue weighted by atomic mass is 32.2. The summed E-state index contributed by atoms with van der Waals surface area (Å²) in [4.78, 5) is 17.0. The van der Waals surface area contributed by atoms with Gasteiger partial charge in [0.15, 0.2) is 5.82 Å². The van der Waals surface area contributed by atoms with Gasteiger partial charge in [-0.2, -0.15) is 0 Å². The zero-order valence-electron chi connectivity index (χ0n) is 24.3. The predicted octanol–water partition coefficient (Wildman–Crippen LogP) is 10.5. The fraction of sp³-hybridized carbons (Fsp3) is 0.0488. The molecular weight excluding hydrogens is 567 g/mol. The molecule has 3 heterocycles. The quantitative estimate of drug-likeness (QED) is 0.190. The van der Waals surface area contributed by atoms with Gasteiger partial charge in [-0.05, 0) is 29.3 Å². The molecule has 2 atom stereocenters. The Morgan fingerprint density at radius 3 is 1.96 bits per heavy atom. The first-order chi connectivity index (χ1) is 22.3. The largest absolute Gasteiger partial charge is 0.247 e. The molecule has 2 unspecified atom stereocenters. The molecule has 1 aliphatic carbocycles. The van der Waals surface area contributed by atoms with E-state index in [2.05, 4.69) is 152 Å². The molecule has 1 aliphatic heterocycles. The molecule has 2 aliphatic rings. The van der Waals surface area contributed by atoms with Gasteiger partial charge in [0.1, 0.15) is 0 Å². The summed E-state index contributed by atoms with van der Waals surface area (Å²) >= 11 is 1.88. The van der Waals surface area contributed by atoms with Crippen LogP contribution in [-0.4, -0.2) is 20.2 Å². The van der Waals surface area contributed by atoms with Gasteiger partial charge in [-0.15, -0.1) is 11.8 Å². The Morgan fingerprint density at radius 2 is 1.20 bits per heavy atom. The Balaban J connectivity index is 1.31. The van der Waals surface area contributed by atoms with Crippen LogP contribution in [0, 0.1) is 0 Å². The van der Waals surface area contributed by atoms with Crippen LogP contribution in [0.2, 0.25) is 0 Å². The molecule has 0 saturated heterocycles. The second-order valence-electron chi connectivity index (χ2n) is 11.5.